The van der Waals surface area contributed by atoms with E-state index >= 15 is 0 Å². The van der Waals surface area contributed by atoms with Crippen molar-refractivity contribution in [1.29, 1.82) is 0 Å². The van der Waals surface area contributed by atoms with E-state index in [9.17, 15) is 9.18 Å². The standard InChI is InChI=1S/C29H26FN3O2S/c1-17-7-8-23(24(30)10-17)20-12-21(26-15-29(35-33-26)25-6-4-5-9-31-25)14-22(13-20)28(34)11-18(2)27-16-36-19(3)32-27/h4-10,12-14,16,18,29H,11,15H2,1-3H3. The Hall–Kier alpha value is -3.71. The summed E-state index contributed by atoms with van der Waals surface area (Å²) in [6, 6.07) is 16.3. The minimum Gasteiger partial charge on any atom is -0.385 e. The maximum atomic E-state index is 14.9. The van der Waals surface area contributed by atoms with Crippen LogP contribution in [0, 0.1) is 19.7 Å². The SMILES string of the molecule is Cc1ccc(-c2cc(C(=O)CC(C)c3csc(C)n3)cc(C3=NOC(c4ccccn4)C3)c2)c(F)c1. The lowest BCUT2D eigenvalue weighted by atomic mass is 9.91. The molecule has 0 aliphatic carbocycles. The highest BCUT2D eigenvalue weighted by Crippen LogP contribution is 2.32. The first-order chi connectivity index (χ1) is 17.4. The van der Waals surface area contributed by atoms with Crippen LogP contribution in [0.25, 0.3) is 11.1 Å². The van der Waals surface area contributed by atoms with Crippen LogP contribution in [0.3, 0.4) is 0 Å². The van der Waals surface area contributed by atoms with E-state index in [0.29, 0.717) is 35.2 Å². The number of carbonyl (C=O) groups is 1. The summed E-state index contributed by atoms with van der Waals surface area (Å²) in [5.41, 5.74) is 5.59. The number of hydrogen-bond acceptors (Lipinski definition) is 6. The Morgan fingerprint density at radius 3 is 2.69 bits per heavy atom. The van der Waals surface area contributed by atoms with Crippen molar-refractivity contribution in [2.45, 2.75) is 45.6 Å². The van der Waals surface area contributed by atoms with Crippen molar-refractivity contribution in [3.05, 3.63) is 105 Å². The molecule has 0 saturated carbocycles. The molecule has 2 atom stereocenters. The molecule has 0 N–H and O–H groups in total. The van der Waals surface area contributed by atoms with Gasteiger partial charge in [0.2, 0.25) is 0 Å². The van der Waals surface area contributed by atoms with E-state index in [0.717, 1.165) is 27.5 Å². The molecule has 2 aromatic heterocycles. The lowest BCUT2D eigenvalue weighted by Gasteiger charge is -2.13. The first kappa shape index (κ1) is 24.0. The molecular weight excluding hydrogens is 473 g/mol. The smallest absolute Gasteiger partial charge is 0.174 e. The number of aryl methyl sites for hydroxylation is 2. The van der Waals surface area contributed by atoms with Crippen molar-refractivity contribution in [2.24, 2.45) is 5.16 Å². The van der Waals surface area contributed by atoms with Gasteiger partial charge in [-0.1, -0.05) is 30.3 Å². The lowest BCUT2D eigenvalue weighted by Crippen LogP contribution is -2.09. The van der Waals surface area contributed by atoms with Crippen LogP contribution < -0.4 is 0 Å². The van der Waals surface area contributed by atoms with E-state index in [1.807, 2.05) is 62.5 Å². The Bertz CT molecular complexity index is 1450. The number of aromatic nitrogens is 2. The molecule has 5 nitrogen and oxygen atoms in total. The highest BCUT2D eigenvalue weighted by atomic mass is 32.1. The number of nitrogens with zero attached hydrogens (tertiary/aromatic N) is 3. The van der Waals surface area contributed by atoms with Crippen LogP contribution in [0.1, 0.15) is 69.7 Å². The maximum Gasteiger partial charge on any atom is 0.174 e. The summed E-state index contributed by atoms with van der Waals surface area (Å²) in [5, 5.41) is 7.29. The monoisotopic (exact) mass is 499 g/mol. The van der Waals surface area contributed by atoms with Crippen molar-refractivity contribution < 1.29 is 14.0 Å². The molecule has 182 valence electrons. The quantitative estimate of drug-likeness (QED) is 0.252. The first-order valence-electron chi connectivity index (χ1n) is 11.9. The zero-order valence-corrected chi connectivity index (χ0v) is 21.2. The summed E-state index contributed by atoms with van der Waals surface area (Å²) in [6.07, 6.45) is 2.24. The third kappa shape index (κ3) is 5.11. The number of hydrogen-bond donors (Lipinski definition) is 0. The van der Waals surface area contributed by atoms with Crippen molar-refractivity contribution in [3.8, 4) is 11.1 Å². The van der Waals surface area contributed by atoms with Crippen LogP contribution in [0.5, 0.6) is 0 Å². The number of benzene rings is 2. The van der Waals surface area contributed by atoms with Gasteiger partial charge in [-0.25, -0.2) is 9.37 Å². The van der Waals surface area contributed by atoms with E-state index in [2.05, 4.69) is 15.1 Å². The molecule has 36 heavy (non-hydrogen) atoms. The van der Waals surface area contributed by atoms with Gasteiger partial charge in [0.05, 0.1) is 22.1 Å². The molecule has 0 radical (unpaired) electrons. The van der Waals surface area contributed by atoms with E-state index in [-0.39, 0.29) is 23.6 Å². The summed E-state index contributed by atoms with van der Waals surface area (Å²) >= 11 is 1.58. The fraction of sp³-hybridized carbons (Fsp3) is 0.241. The fourth-order valence-corrected chi connectivity index (χ4v) is 5.08. The zero-order valence-electron chi connectivity index (χ0n) is 20.4. The van der Waals surface area contributed by atoms with Gasteiger partial charge in [0.1, 0.15) is 5.82 Å². The predicted molar refractivity (Wildman–Crippen MR) is 140 cm³/mol. The number of pyridine rings is 1. The minimum atomic E-state index is -0.326. The third-order valence-corrected chi connectivity index (χ3v) is 7.14. The predicted octanol–water partition coefficient (Wildman–Crippen LogP) is 7.20. The summed E-state index contributed by atoms with van der Waals surface area (Å²) in [4.78, 5) is 28.0. The highest BCUT2D eigenvalue weighted by molar-refractivity contribution is 7.09. The molecule has 4 aromatic rings. The average molecular weight is 500 g/mol. The van der Waals surface area contributed by atoms with E-state index in [1.165, 1.54) is 6.07 Å². The number of halogens is 1. The van der Waals surface area contributed by atoms with Crippen LogP contribution in [-0.2, 0) is 4.84 Å². The molecule has 2 unspecified atom stereocenters. The van der Waals surface area contributed by atoms with Crippen LogP contribution in [0.2, 0.25) is 0 Å². The van der Waals surface area contributed by atoms with Gasteiger partial charge in [-0.15, -0.1) is 11.3 Å². The summed E-state index contributed by atoms with van der Waals surface area (Å²) in [5.74, 6) is -0.372. The number of ketones is 1. The lowest BCUT2D eigenvalue weighted by molar-refractivity contribution is 0.0826. The van der Waals surface area contributed by atoms with Gasteiger partial charge in [-0.2, -0.15) is 0 Å². The van der Waals surface area contributed by atoms with E-state index < -0.39 is 0 Å². The van der Waals surface area contributed by atoms with Crippen LogP contribution in [0.15, 0.2) is 71.3 Å². The van der Waals surface area contributed by atoms with Gasteiger partial charge in [0.25, 0.3) is 0 Å². The molecule has 7 heteroatoms. The molecule has 5 rings (SSSR count). The van der Waals surface area contributed by atoms with E-state index in [1.54, 1.807) is 29.7 Å². The van der Waals surface area contributed by atoms with Crippen molar-refractivity contribution in [1.82, 2.24) is 9.97 Å². The zero-order chi connectivity index (χ0) is 25.2. The number of rotatable bonds is 7. The molecule has 1 aliphatic rings. The second kappa shape index (κ2) is 10.1. The van der Waals surface area contributed by atoms with Gasteiger partial charge in [0.15, 0.2) is 11.9 Å². The highest BCUT2D eigenvalue weighted by Gasteiger charge is 2.26. The van der Waals surface area contributed by atoms with Gasteiger partial charge >= 0.3 is 0 Å². The normalized spacial score (nSPS) is 15.9. The second-order valence-corrected chi connectivity index (χ2v) is 10.3. The van der Waals surface area contributed by atoms with Crippen LogP contribution in [-0.4, -0.2) is 21.5 Å². The van der Waals surface area contributed by atoms with Crippen LogP contribution >= 0.6 is 11.3 Å². The number of oxime groups is 1. The second-order valence-electron chi connectivity index (χ2n) is 9.19. The van der Waals surface area contributed by atoms with Crippen LogP contribution in [0.4, 0.5) is 4.39 Å². The van der Waals surface area contributed by atoms with E-state index in [4.69, 9.17) is 4.84 Å². The molecule has 0 saturated heterocycles. The van der Waals surface area contributed by atoms with Crippen molar-refractivity contribution >= 4 is 22.8 Å². The molecule has 2 aromatic carbocycles. The molecule has 0 bridgehead atoms. The Kier molecular flexibility index (Phi) is 6.74. The molecule has 0 spiro atoms. The van der Waals surface area contributed by atoms with Gasteiger partial charge in [-0.05, 0) is 61.4 Å². The Morgan fingerprint density at radius 1 is 1.14 bits per heavy atom. The number of Topliss-reactive ketones (excluding diaryl/α,β-unsaturated/α-hetero) is 1. The van der Waals surface area contributed by atoms with Gasteiger partial charge in [0, 0.05) is 47.0 Å². The minimum absolute atomic E-state index is 0.0219. The Labute approximate surface area is 213 Å². The van der Waals surface area contributed by atoms with Gasteiger partial charge in [-0.3, -0.25) is 9.78 Å². The Balaban J connectivity index is 1.49. The molecule has 0 amide bonds. The Morgan fingerprint density at radius 2 is 1.97 bits per heavy atom. The molecule has 3 heterocycles. The largest absolute Gasteiger partial charge is 0.385 e. The molecule has 0 fully saturated rings. The topological polar surface area (TPSA) is 64.4 Å². The maximum absolute atomic E-state index is 14.9. The third-order valence-electron chi connectivity index (χ3n) is 6.34. The fourth-order valence-electron chi connectivity index (χ4n) is 4.34. The van der Waals surface area contributed by atoms with Crippen molar-refractivity contribution in [3.63, 3.8) is 0 Å². The van der Waals surface area contributed by atoms with Crippen molar-refractivity contribution in [2.75, 3.05) is 0 Å². The number of carbonyl (C=O) groups excluding carboxylic acids is 1. The summed E-state index contributed by atoms with van der Waals surface area (Å²) < 4.78 is 14.9. The molecule has 1 aliphatic heterocycles. The summed E-state index contributed by atoms with van der Waals surface area (Å²) in [7, 11) is 0. The van der Waals surface area contributed by atoms with Gasteiger partial charge < -0.3 is 4.84 Å². The average Bonchev–Trinajstić information content (AvgIpc) is 3.54. The number of thiazole rings is 1. The molecular formula is C29H26FN3O2S. The summed E-state index contributed by atoms with van der Waals surface area (Å²) in [6.45, 7) is 5.81. The first-order valence-corrected chi connectivity index (χ1v) is 12.8.